The first-order valence-electron chi connectivity index (χ1n) is 12.6. The lowest BCUT2D eigenvalue weighted by Gasteiger charge is -2.41. The zero-order valence-corrected chi connectivity index (χ0v) is 22.6. The van der Waals surface area contributed by atoms with Gasteiger partial charge in [-0.05, 0) is 33.6 Å². The second kappa shape index (κ2) is 13.1. The Kier molecular flexibility index (Phi) is 11.2. The largest absolute Gasteiger partial charge is 0.462 e. The quantitative estimate of drug-likeness (QED) is 0.120. The second-order valence-electron chi connectivity index (χ2n) is 11.0. The molecule has 39 heavy (non-hydrogen) atoms. The number of aliphatic hydroxyl groups is 7. The average molecular weight is 568 g/mol. The van der Waals surface area contributed by atoms with Gasteiger partial charge in [-0.2, -0.15) is 0 Å². The summed E-state index contributed by atoms with van der Waals surface area (Å²) in [5, 5.41) is 72.0. The molecule has 0 saturated carbocycles. The van der Waals surface area contributed by atoms with E-state index in [1.807, 2.05) is 0 Å². The van der Waals surface area contributed by atoms with Crippen LogP contribution in [0.2, 0.25) is 0 Å². The van der Waals surface area contributed by atoms with Crippen LogP contribution in [0.4, 0.5) is 0 Å². The van der Waals surface area contributed by atoms with E-state index in [1.54, 1.807) is 13.8 Å². The normalized spacial score (nSPS) is 36.9. The monoisotopic (exact) mass is 567 g/mol. The number of rotatable bonds is 10. The van der Waals surface area contributed by atoms with E-state index in [4.69, 9.17) is 18.9 Å². The van der Waals surface area contributed by atoms with Crippen molar-refractivity contribution in [3.8, 4) is 0 Å². The summed E-state index contributed by atoms with van der Waals surface area (Å²) in [6.45, 7) is 6.38. The molecule has 0 spiro atoms. The van der Waals surface area contributed by atoms with Gasteiger partial charge in [0.25, 0.3) is 0 Å². The topological polar surface area (TPSA) is 242 Å². The maximum absolute atomic E-state index is 13.0. The molecule has 2 saturated heterocycles. The number of hydrogen-bond donors (Lipinski definition) is 8. The van der Waals surface area contributed by atoms with Crippen LogP contribution in [0, 0.1) is 10.8 Å². The van der Waals surface area contributed by atoms with E-state index in [0.29, 0.717) is 0 Å². The van der Waals surface area contributed by atoms with Gasteiger partial charge in [-0.15, -0.1) is 0 Å². The lowest BCUT2D eigenvalue weighted by atomic mass is 9.72. The summed E-state index contributed by atoms with van der Waals surface area (Å²) in [4.78, 5) is 37.2. The maximum Gasteiger partial charge on any atom is 0.311 e. The van der Waals surface area contributed by atoms with Crippen LogP contribution < -0.4 is 5.32 Å². The Hall–Kier alpha value is -1.95. The lowest BCUT2D eigenvalue weighted by molar-refractivity contribution is -0.288. The average Bonchev–Trinajstić information content (AvgIpc) is 2.86. The predicted molar refractivity (Wildman–Crippen MR) is 128 cm³/mol. The van der Waals surface area contributed by atoms with Gasteiger partial charge in [0.1, 0.15) is 62.0 Å². The molecule has 226 valence electrons. The van der Waals surface area contributed by atoms with Crippen molar-refractivity contribution in [3.63, 3.8) is 0 Å². The van der Waals surface area contributed by atoms with Crippen LogP contribution in [-0.4, -0.2) is 128 Å². The first-order valence-corrected chi connectivity index (χ1v) is 12.6. The molecule has 2 rings (SSSR count). The van der Waals surface area contributed by atoms with Crippen molar-refractivity contribution in [3.05, 3.63) is 0 Å². The number of nitrogens with one attached hydrogen (secondary N) is 1. The number of carbonyl (C=O) groups excluding carboxylic acids is 3. The van der Waals surface area contributed by atoms with Crippen LogP contribution in [0.25, 0.3) is 0 Å². The van der Waals surface area contributed by atoms with Crippen molar-refractivity contribution >= 4 is 17.8 Å². The second-order valence-corrected chi connectivity index (χ2v) is 11.0. The van der Waals surface area contributed by atoms with E-state index in [9.17, 15) is 50.1 Å². The van der Waals surface area contributed by atoms with Gasteiger partial charge in [0.2, 0.25) is 5.91 Å². The number of hydrogen-bond acceptors (Lipinski definition) is 14. The third-order valence-corrected chi connectivity index (χ3v) is 7.19. The molecular weight excluding hydrogens is 526 g/mol. The van der Waals surface area contributed by atoms with Gasteiger partial charge in [-0.1, -0.05) is 6.92 Å². The Balaban J connectivity index is 1.97. The van der Waals surface area contributed by atoms with Gasteiger partial charge in [0.15, 0.2) is 12.6 Å². The molecular formula is C24H41NO14. The highest BCUT2D eigenvalue weighted by molar-refractivity contribution is 5.80. The molecule has 11 atom stereocenters. The first-order chi connectivity index (χ1) is 17.9. The minimum Gasteiger partial charge on any atom is -0.462 e. The standard InChI is InChI=1S/C24H41NO14/c1-6-24(5,22(35)37-8-12-15(28)17(30)18(31)20(33)39-12)9-23(3,4)21(34)36-7-11-14(27)16(29)13(19(32)38-11)25-10(2)26/h11-20,27-33H,6-9H2,1-5H3,(H,25,26)/t11?,12?,13?,14-,15-,16-,17+,18?,19-,20-,24?/m1/s1. The van der Waals surface area contributed by atoms with E-state index >= 15 is 0 Å². The van der Waals surface area contributed by atoms with Crippen molar-refractivity contribution < 1.29 is 69.1 Å². The molecule has 2 aliphatic rings. The molecule has 0 bridgehead atoms. The molecule has 2 aliphatic heterocycles. The number of ether oxygens (including phenoxy) is 4. The molecule has 0 radical (unpaired) electrons. The highest BCUT2D eigenvalue weighted by Crippen LogP contribution is 2.39. The fourth-order valence-corrected chi connectivity index (χ4v) is 4.62. The molecule has 0 aromatic rings. The summed E-state index contributed by atoms with van der Waals surface area (Å²) in [6, 6.07) is -1.28. The molecule has 0 aliphatic carbocycles. The van der Waals surface area contributed by atoms with E-state index in [0.717, 1.165) is 6.92 Å². The summed E-state index contributed by atoms with van der Waals surface area (Å²) < 4.78 is 20.8. The van der Waals surface area contributed by atoms with Crippen LogP contribution in [-0.2, 0) is 33.3 Å². The molecule has 1 amide bonds. The molecule has 0 aromatic carbocycles. The van der Waals surface area contributed by atoms with E-state index in [1.165, 1.54) is 13.8 Å². The smallest absolute Gasteiger partial charge is 0.311 e. The Morgan fingerprint density at radius 1 is 0.744 bits per heavy atom. The number of amides is 1. The maximum atomic E-state index is 13.0. The van der Waals surface area contributed by atoms with Gasteiger partial charge in [-0.25, -0.2) is 0 Å². The Bertz CT molecular complexity index is 870. The molecule has 0 aromatic heterocycles. The van der Waals surface area contributed by atoms with Crippen molar-refractivity contribution in [2.24, 2.45) is 10.8 Å². The van der Waals surface area contributed by atoms with Crippen LogP contribution in [0.15, 0.2) is 0 Å². The summed E-state index contributed by atoms with van der Waals surface area (Å²) in [5.41, 5.74) is -2.49. The summed E-state index contributed by atoms with van der Waals surface area (Å²) in [5.74, 6) is -2.09. The van der Waals surface area contributed by atoms with Gasteiger partial charge >= 0.3 is 11.9 Å². The zero-order valence-electron chi connectivity index (χ0n) is 22.6. The van der Waals surface area contributed by atoms with Crippen molar-refractivity contribution in [2.75, 3.05) is 13.2 Å². The Morgan fingerprint density at radius 2 is 1.23 bits per heavy atom. The minimum atomic E-state index is -1.79. The zero-order chi connectivity index (χ0) is 29.9. The van der Waals surface area contributed by atoms with Gasteiger partial charge in [0, 0.05) is 6.92 Å². The van der Waals surface area contributed by atoms with Crippen LogP contribution >= 0.6 is 0 Å². The Labute approximate surface area is 225 Å². The van der Waals surface area contributed by atoms with Gasteiger partial charge in [0.05, 0.1) is 10.8 Å². The molecule has 2 fully saturated rings. The van der Waals surface area contributed by atoms with E-state index in [-0.39, 0.29) is 12.8 Å². The first kappa shape index (κ1) is 33.3. The molecule has 5 unspecified atom stereocenters. The lowest BCUT2D eigenvalue weighted by Crippen LogP contribution is -2.64. The third kappa shape index (κ3) is 7.83. The van der Waals surface area contributed by atoms with E-state index < -0.39 is 103 Å². The summed E-state index contributed by atoms with van der Waals surface area (Å²) in [7, 11) is 0. The van der Waals surface area contributed by atoms with Gasteiger partial charge < -0.3 is 60.0 Å². The van der Waals surface area contributed by atoms with Crippen molar-refractivity contribution in [1.82, 2.24) is 5.32 Å². The summed E-state index contributed by atoms with van der Waals surface area (Å²) in [6.07, 6.45) is -14.1. The Morgan fingerprint density at radius 3 is 1.74 bits per heavy atom. The van der Waals surface area contributed by atoms with Crippen LogP contribution in [0.5, 0.6) is 0 Å². The third-order valence-electron chi connectivity index (χ3n) is 7.19. The number of esters is 2. The molecule has 8 N–H and O–H groups in total. The number of aliphatic hydroxyl groups excluding tert-OH is 7. The predicted octanol–water partition coefficient (Wildman–Crippen LogP) is -3.35. The molecule has 2 heterocycles. The van der Waals surface area contributed by atoms with Crippen molar-refractivity contribution in [2.45, 2.75) is 109 Å². The van der Waals surface area contributed by atoms with E-state index in [2.05, 4.69) is 5.32 Å². The highest BCUT2D eigenvalue weighted by atomic mass is 16.7. The van der Waals surface area contributed by atoms with Crippen molar-refractivity contribution in [1.29, 1.82) is 0 Å². The molecule has 15 nitrogen and oxygen atoms in total. The highest BCUT2D eigenvalue weighted by Gasteiger charge is 2.48. The fraction of sp³-hybridized carbons (Fsp3) is 0.875. The molecule has 15 heteroatoms. The number of carbonyl (C=O) groups is 3. The fourth-order valence-electron chi connectivity index (χ4n) is 4.62. The van der Waals surface area contributed by atoms with Gasteiger partial charge in [-0.3, -0.25) is 14.4 Å². The van der Waals surface area contributed by atoms with Crippen LogP contribution in [0.3, 0.4) is 0 Å². The SMILES string of the molecule is CCC(C)(CC(C)(C)C(=O)OCC1O[C@@H](O)C(NC(C)=O)[C@@H](O)[C@@H]1O)C(=O)OCC1O[C@@H](O)C(O)[C@@H](O)[C@@H]1O. The summed E-state index contributed by atoms with van der Waals surface area (Å²) >= 11 is 0. The minimum absolute atomic E-state index is 0.0594. The van der Waals surface area contributed by atoms with Crippen LogP contribution in [0.1, 0.15) is 47.5 Å².